The maximum absolute atomic E-state index is 11.7. The minimum absolute atomic E-state index is 0.126. The van der Waals surface area contributed by atoms with E-state index in [4.69, 9.17) is 0 Å². The van der Waals surface area contributed by atoms with E-state index in [9.17, 15) is 4.79 Å². The lowest BCUT2D eigenvalue weighted by molar-refractivity contribution is -0.121. The SMILES string of the molecule is CCNC(c1ccn(CCC(=O)NC(C)C)c1)C1CC1. The maximum atomic E-state index is 11.7. The first-order valence-corrected chi connectivity index (χ1v) is 7.78. The third-order valence-corrected chi connectivity index (χ3v) is 3.70. The fraction of sp³-hybridized carbons (Fsp3) is 0.688. The maximum Gasteiger partial charge on any atom is 0.221 e. The van der Waals surface area contributed by atoms with Gasteiger partial charge in [-0.1, -0.05) is 6.92 Å². The van der Waals surface area contributed by atoms with Crippen molar-refractivity contribution in [2.75, 3.05) is 6.54 Å². The van der Waals surface area contributed by atoms with Crippen molar-refractivity contribution in [3.8, 4) is 0 Å². The number of aromatic nitrogens is 1. The molecule has 1 unspecified atom stereocenters. The van der Waals surface area contributed by atoms with E-state index >= 15 is 0 Å². The summed E-state index contributed by atoms with van der Waals surface area (Å²) in [5, 5.41) is 6.50. The predicted molar refractivity (Wildman–Crippen MR) is 81.5 cm³/mol. The van der Waals surface area contributed by atoms with Gasteiger partial charge in [0.2, 0.25) is 5.91 Å². The summed E-state index contributed by atoms with van der Waals surface area (Å²) in [6.07, 6.45) is 7.49. The van der Waals surface area contributed by atoms with Crippen molar-refractivity contribution in [1.82, 2.24) is 15.2 Å². The number of carbonyl (C=O) groups is 1. The molecule has 0 saturated heterocycles. The first-order valence-electron chi connectivity index (χ1n) is 7.78. The molecule has 1 amide bonds. The normalized spacial score (nSPS) is 16.4. The van der Waals surface area contributed by atoms with Crippen LogP contribution in [0.5, 0.6) is 0 Å². The highest BCUT2D eigenvalue weighted by molar-refractivity contribution is 5.76. The summed E-state index contributed by atoms with van der Waals surface area (Å²) in [5.41, 5.74) is 1.36. The van der Waals surface area contributed by atoms with Crippen LogP contribution < -0.4 is 10.6 Å². The summed E-state index contributed by atoms with van der Waals surface area (Å²) >= 11 is 0. The highest BCUT2D eigenvalue weighted by Crippen LogP contribution is 2.40. The van der Waals surface area contributed by atoms with Gasteiger partial charge in [0, 0.05) is 37.4 Å². The molecule has 1 heterocycles. The Kier molecular flexibility index (Phi) is 5.24. The van der Waals surface area contributed by atoms with Gasteiger partial charge in [0.25, 0.3) is 0 Å². The van der Waals surface area contributed by atoms with E-state index in [-0.39, 0.29) is 11.9 Å². The molecule has 0 bridgehead atoms. The topological polar surface area (TPSA) is 46.1 Å². The molecule has 1 atom stereocenters. The van der Waals surface area contributed by atoms with E-state index in [1.807, 2.05) is 13.8 Å². The monoisotopic (exact) mass is 277 g/mol. The lowest BCUT2D eigenvalue weighted by Gasteiger charge is -2.15. The molecule has 1 saturated carbocycles. The van der Waals surface area contributed by atoms with Gasteiger partial charge in [-0.25, -0.2) is 0 Å². The van der Waals surface area contributed by atoms with Crippen LogP contribution in [0, 0.1) is 5.92 Å². The van der Waals surface area contributed by atoms with Crippen LogP contribution in [0.2, 0.25) is 0 Å². The lowest BCUT2D eigenvalue weighted by atomic mass is 10.1. The molecule has 2 N–H and O–H groups in total. The quantitative estimate of drug-likeness (QED) is 0.767. The molecule has 20 heavy (non-hydrogen) atoms. The largest absolute Gasteiger partial charge is 0.354 e. The van der Waals surface area contributed by atoms with Gasteiger partial charge in [0.1, 0.15) is 0 Å². The van der Waals surface area contributed by atoms with Gasteiger partial charge >= 0.3 is 0 Å². The Hall–Kier alpha value is -1.29. The molecule has 1 aromatic rings. The molecule has 1 aliphatic rings. The summed E-state index contributed by atoms with van der Waals surface area (Å²) < 4.78 is 2.13. The zero-order chi connectivity index (χ0) is 14.5. The average molecular weight is 277 g/mol. The van der Waals surface area contributed by atoms with Gasteiger partial charge in [-0.05, 0) is 50.8 Å². The van der Waals surface area contributed by atoms with Crippen LogP contribution in [0.1, 0.15) is 51.6 Å². The number of rotatable bonds is 8. The van der Waals surface area contributed by atoms with Crippen LogP contribution in [0.3, 0.4) is 0 Å². The third kappa shape index (κ3) is 4.37. The van der Waals surface area contributed by atoms with E-state index in [0.29, 0.717) is 12.5 Å². The molecule has 112 valence electrons. The summed E-state index contributed by atoms with van der Waals surface area (Å²) in [5.74, 6) is 0.927. The Morgan fingerprint density at radius 2 is 2.20 bits per heavy atom. The van der Waals surface area contributed by atoms with E-state index in [0.717, 1.165) is 19.0 Å². The number of nitrogens with one attached hydrogen (secondary N) is 2. The van der Waals surface area contributed by atoms with Crippen LogP contribution >= 0.6 is 0 Å². The molecule has 2 rings (SSSR count). The second kappa shape index (κ2) is 6.93. The lowest BCUT2D eigenvalue weighted by Crippen LogP contribution is -2.30. The van der Waals surface area contributed by atoms with E-state index in [2.05, 4.69) is 40.6 Å². The molecule has 1 aliphatic carbocycles. The highest BCUT2D eigenvalue weighted by atomic mass is 16.1. The minimum Gasteiger partial charge on any atom is -0.354 e. The van der Waals surface area contributed by atoms with Crippen LogP contribution in [0.15, 0.2) is 18.5 Å². The molecule has 0 aromatic carbocycles. The number of aryl methyl sites for hydroxylation is 1. The Morgan fingerprint density at radius 3 is 2.80 bits per heavy atom. The zero-order valence-corrected chi connectivity index (χ0v) is 12.9. The summed E-state index contributed by atoms with van der Waals surface area (Å²) in [6.45, 7) is 7.89. The van der Waals surface area contributed by atoms with Crippen LogP contribution in [0.25, 0.3) is 0 Å². The van der Waals surface area contributed by atoms with Gasteiger partial charge in [-0.2, -0.15) is 0 Å². The van der Waals surface area contributed by atoms with Gasteiger partial charge in [0.15, 0.2) is 0 Å². The molecule has 4 nitrogen and oxygen atoms in total. The smallest absolute Gasteiger partial charge is 0.221 e. The number of nitrogens with zero attached hydrogens (tertiary/aromatic N) is 1. The molecule has 0 aliphatic heterocycles. The standard InChI is InChI=1S/C16H27N3O/c1-4-17-16(13-5-6-13)14-7-9-19(11-14)10-8-15(20)18-12(2)3/h7,9,11-13,16-17H,4-6,8,10H2,1-3H3,(H,18,20). The van der Waals surface area contributed by atoms with Gasteiger partial charge < -0.3 is 15.2 Å². The van der Waals surface area contributed by atoms with Gasteiger partial charge in [-0.15, -0.1) is 0 Å². The average Bonchev–Trinajstić information content (AvgIpc) is 3.11. The second-order valence-electron chi connectivity index (χ2n) is 6.03. The van der Waals surface area contributed by atoms with E-state index < -0.39 is 0 Å². The first-order chi connectivity index (χ1) is 9.60. The molecular formula is C16H27N3O. The first kappa shape index (κ1) is 15.1. The Balaban J connectivity index is 1.86. The fourth-order valence-electron chi connectivity index (χ4n) is 2.61. The third-order valence-electron chi connectivity index (χ3n) is 3.70. The van der Waals surface area contributed by atoms with E-state index in [1.54, 1.807) is 0 Å². The highest BCUT2D eigenvalue weighted by Gasteiger charge is 2.31. The van der Waals surface area contributed by atoms with Crippen LogP contribution in [-0.4, -0.2) is 23.1 Å². The number of carbonyl (C=O) groups excluding carboxylic acids is 1. The van der Waals surface area contributed by atoms with Crippen LogP contribution in [-0.2, 0) is 11.3 Å². The molecule has 1 aromatic heterocycles. The Morgan fingerprint density at radius 1 is 1.45 bits per heavy atom. The number of amides is 1. The molecule has 0 spiro atoms. The fourth-order valence-corrected chi connectivity index (χ4v) is 2.61. The Labute approximate surface area is 121 Å². The van der Waals surface area contributed by atoms with E-state index in [1.165, 1.54) is 18.4 Å². The molecular weight excluding hydrogens is 250 g/mol. The summed E-state index contributed by atoms with van der Waals surface area (Å²) in [4.78, 5) is 11.7. The molecule has 0 radical (unpaired) electrons. The predicted octanol–water partition coefficient (Wildman–Crippen LogP) is 2.46. The van der Waals surface area contributed by atoms with Crippen molar-refractivity contribution in [1.29, 1.82) is 0 Å². The van der Waals surface area contributed by atoms with Crippen molar-refractivity contribution in [3.63, 3.8) is 0 Å². The summed E-state index contributed by atoms with van der Waals surface area (Å²) in [7, 11) is 0. The number of hydrogen-bond acceptors (Lipinski definition) is 2. The summed E-state index contributed by atoms with van der Waals surface area (Å²) in [6, 6.07) is 2.90. The molecule has 1 fully saturated rings. The van der Waals surface area contributed by atoms with Crippen molar-refractivity contribution in [2.24, 2.45) is 5.92 Å². The van der Waals surface area contributed by atoms with Gasteiger partial charge in [0.05, 0.1) is 0 Å². The van der Waals surface area contributed by atoms with Crippen molar-refractivity contribution < 1.29 is 4.79 Å². The van der Waals surface area contributed by atoms with Gasteiger partial charge in [-0.3, -0.25) is 4.79 Å². The zero-order valence-electron chi connectivity index (χ0n) is 12.9. The molecule has 4 heteroatoms. The van der Waals surface area contributed by atoms with Crippen LogP contribution in [0.4, 0.5) is 0 Å². The van der Waals surface area contributed by atoms with Crippen molar-refractivity contribution in [2.45, 2.75) is 58.7 Å². The number of hydrogen-bond donors (Lipinski definition) is 2. The van der Waals surface area contributed by atoms with Crippen molar-refractivity contribution >= 4 is 5.91 Å². The minimum atomic E-state index is 0.126. The van der Waals surface area contributed by atoms with Crippen molar-refractivity contribution in [3.05, 3.63) is 24.0 Å². The second-order valence-corrected chi connectivity index (χ2v) is 6.03. The Bertz CT molecular complexity index is 435.